The molecule has 0 spiro atoms. The molecular weight excluding hydrogens is 406 g/mol. The minimum Gasteiger partial charge on any atom is -0.457 e. The van der Waals surface area contributed by atoms with Crippen molar-refractivity contribution >= 4 is 12.4 Å². The molecule has 174 valence electrons. The van der Waals surface area contributed by atoms with Crippen LogP contribution >= 0.6 is 12.4 Å². The summed E-state index contributed by atoms with van der Waals surface area (Å²) in [4.78, 5) is 0. The Bertz CT molecular complexity index is 833. The van der Waals surface area contributed by atoms with Gasteiger partial charge in [-0.25, -0.2) is 0 Å². The van der Waals surface area contributed by atoms with Crippen LogP contribution in [0.2, 0.25) is 0 Å². The summed E-state index contributed by atoms with van der Waals surface area (Å²) in [6.07, 6.45) is 2.65. The molecule has 2 aromatic carbocycles. The van der Waals surface area contributed by atoms with E-state index in [0.717, 1.165) is 29.9 Å². The lowest BCUT2D eigenvalue weighted by Crippen LogP contribution is -2.40. The van der Waals surface area contributed by atoms with Gasteiger partial charge in [-0.2, -0.15) is 0 Å². The smallest absolute Gasteiger partial charge is 0.146 e. The Hall–Kier alpha value is -1.55. The van der Waals surface area contributed by atoms with E-state index in [0.29, 0.717) is 24.9 Å². The first-order valence-electron chi connectivity index (χ1n) is 11.5. The molecule has 4 heteroatoms. The van der Waals surface area contributed by atoms with Crippen molar-refractivity contribution in [3.63, 3.8) is 0 Å². The van der Waals surface area contributed by atoms with Crippen LogP contribution in [0.25, 0.3) is 0 Å². The molecule has 0 aliphatic heterocycles. The van der Waals surface area contributed by atoms with Gasteiger partial charge >= 0.3 is 0 Å². The van der Waals surface area contributed by atoms with Crippen LogP contribution in [-0.4, -0.2) is 6.61 Å². The number of para-hydroxylation sites is 1. The van der Waals surface area contributed by atoms with Gasteiger partial charge in [0.15, 0.2) is 0 Å². The molecule has 0 bridgehead atoms. The van der Waals surface area contributed by atoms with Gasteiger partial charge in [0.05, 0.1) is 0 Å². The number of hydrogen-bond acceptors (Lipinski definition) is 3. The van der Waals surface area contributed by atoms with Crippen molar-refractivity contribution in [1.82, 2.24) is 0 Å². The summed E-state index contributed by atoms with van der Waals surface area (Å²) in [5, 5.41) is 0. The first kappa shape index (κ1) is 27.5. The largest absolute Gasteiger partial charge is 0.457 e. The quantitative estimate of drug-likeness (QED) is 0.384. The summed E-state index contributed by atoms with van der Waals surface area (Å²) >= 11 is 0. The van der Waals surface area contributed by atoms with E-state index in [4.69, 9.17) is 15.2 Å². The third-order valence-corrected chi connectivity index (χ3v) is 5.79. The highest BCUT2D eigenvalue weighted by atomic mass is 35.5. The fourth-order valence-electron chi connectivity index (χ4n) is 4.24. The molecule has 0 amide bonds. The van der Waals surface area contributed by atoms with Gasteiger partial charge in [-0.3, -0.25) is 5.73 Å². The summed E-state index contributed by atoms with van der Waals surface area (Å²) in [6, 6.07) is 10.0. The van der Waals surface area contributed by atoms with Gasteiger partial charge in [-0.1, -0.05) is 52.8 Å². The lowest BCUT2D eigenvalue weighted by atomic mass is 9.81. The van der Waals surface area contributed by atoms with E-state index in [1.165, 1.54) is 22.3 Å². The van der Waals surface area contributed by atoms with Crippen molar-refractivity contribution in [3.8, 4) is 11.5 Å². The fourth-order valence-corrected chi connectivity index (χ4v) is 4.24. The molecular formula is C27H42ClNO2. The van der Waals surface area contributed by atoms with Crippen LogP contribution in [0.3, 0.4) is 0 Å². The predicted molar refractivity (Wildman–Crippen MR) is 135 cm³/mol. The molecule has 0 aliphatic rings. The molecule has 0 heterocycles. The minimum atomic E-state index is -0.879. The maximum atomic E-state index is 6.90. The highest BCUT2D eigenvalue weighted by Crippen LogP contribution is 2.44. The third-order valence-electron chi connectivity index (χ3n) is 5.79. The lowest BCUT2D eigenvalue weighted by Gasteiger charge is -2.35. The molecule has 2 aromatic rings. The molecule has 1 unspecified atom stereocenters. The number of ether oxygens (including phenoxy) is 2. The summed E-state index contributed by atoms with van der Waals surface area (Å²) in [6.45, 7) is 18.1. The maximum Gasteiger partial charge on any atom is 0.146 e. The van der Waals surface area contributed by atoms with Crippen LogP contribution in [0.5, 0.6) is 11.5 Å². The van der Waals surface area contributed by atoms with Gasteiger partial charge in [-0.05, 0) is 86.3 Å². The van der Waals surface area contributed by atoms with Crippen LogP contribution < -0.4 is 10.5 Å². The van der Waals surface area contributed by atoms with E-state index in [1.54, 1.807) is 0 Å². The van der Waals surface area contributed by atoms with Crippen molar-refractivity contribution < 1.29 is 9.47 Å². The Morgan fingerprint density at radius 3 is 1.90 bits per heavy atom. The van der Waals surface area contributed by atoms with Crippen LogP contribution in [-0.2, 0) is 23.3 Å². The number of rotatable bonds is 10. The van der Waals surface area contributed by atoms with Crippen molar-refractivity contribution in [2.75, 3.05) is 6.61 Å². The summed E-state index contributed by atoms with van der Waals surface area (Å²) < 4.78 is 12.8. The third kappa shape index (κ3) is 6.47. The second-order valence-corrected chi connectivity index (χ2v) is 9.20. The van der Waals surface area contributed by atoms with Gasteiger partial charge < -0.3 is 9.47 Å². The van der Waals surface area contributed by atoms with E-state index in [9.17, 15) is 0 Å². The zero-order valence-corrected chi connectivity index (χ0v) is 21.5. The molecule has 31 heavy (non-hydrogen) atoms. The maximum absolute atomic E-state index is 6.90. The number of nitrogens with two attached hydrogens (primary N) is 1. The van der Waals surface area contributed by atoms with Crippen LogP contribution in [0.4, 0.5) is 0 Å². The highest BCUT2D eigenvalue weighted by Gasteiger charge is 2.35. The van der Waals surface area contributed by atoms with E-state index in [1.807, 2.05) is 37.3 Å². The summed E-state index contributed by atoms with van der Waals surface area (Å²) in [5.74, 6) is 2.79. The SMILES string of the molecule is CCOC(N)(CC)c1c(C)c(C)c(CC(C)C)c(CC(C)C)c1Oc1ccccc1.Cl. The monoisotopic (exact) mass is 447 g/mol. The summed E-state index contributed by atoms with van der Waals surface area (Å²) in [7, 11) is 0. The summed E-state index contributed by atoms with van der Waals surface area (Å²) in [5.41, 5.74) is 12.2. The number of hydrogen-bond donors (Lipinski definition) is 1. The zero-order valence-electron chi connectivity index (χ0n) is 20.7. The molecule has 0 fully saturated rings. The Balaban J connectivity index is 0.00000480. The standard InChI is InChI=1S/C27H41NO2.ClH/c1-9-27(28,29-10-2)25-21(8)20(7)23(16-18(3)4)24(17-19(5)6)26(25)30-22-14-12-11-13-15-22;/h11-15,18-19H,9-10,16-17,28H2,1-8H3;1H. The number of halogens is 1. The molecule has 0 saturated carbocycles. The Labute approximate surface area is 196 Å². The average Bonchev–Trinajstić information content (AvgIpc) is 2.69. The molecule has 0 radical (unpaired) electrons. The van der Waals surface area contributed by atoms with Gasteiger partial charge in [0, 0.05) is 12.2 Å². The van der Waals surface area contributed by atoms with Crippen molar-refractivity contribution in [2.45, 2.75) is 80.4 Å². The Kier molecular flexibility index (Phi) is 10.5. The zero-order chi connectivity index (χ0) is 22.5. The molecule has 0 aromatic heterocycles. The van der Waals surface area contributed by atoms with Crippen LogP contribution in [0.15, 0.2) is 30.3 Å². The van der Waals surface area contributed by atoms with Gasteiger partial charge in [0.1, 0.15) is 17.2 Å². The fraction of sp³-hybridized carbons (Fsp3) is 0.556. The molecule has 0 saturated heterocycles. The molecule has 3 nitrogen and oxygen atoms in total. The van der Waals surface area contributed by atoms with E-state index < -0.39 is 5.72 Å². The second kappa shape index (κ2) is 11.9. The van der Waals surface area contributed by atoms with Gasteiger partial charge in [0.25, 0.3) is 0 Å². The average molecular weight is 448 g/mol. The molecule has 0 aliphatic carbocycles. The second-order valence-electron chi connectivity index (χ2n) is 9.20. The molecule has 1 atom stereocenters. The number of benzene rings is 2. The van der Waals surface area contributed by atoms with E-state index >= 15 is 0 Å². The minimum absolute atomic E-state index is 0. The predicted octanol–water partition coefficient (Wildman–Crippen LogP) is 7.47. The first-order valence-corrected chi connectivity index (χ1v) is 11.5. The van der Waals surface area contributed by atoms with Gasteiger partial charge in [0.2, 0.25) is 0 Å². The van der Waals surface area contributed by atoms with Crippen LogP contribution in [0.1, 0.15) is 75.8 Å². The van der Waals surface area contributed by atoms with Gasteiger partial charge in [-0.15, -0.1) is 12.4 Å². The van der Waals surface area contributed by atoms with Crippen LogP contribution in [0, 0.1) is 25.7 Å². The first-order chi connectivity index (χ1) is 14.1. The highest BCUT2D eigenvalue weighted by molar-refractivity contribution is 5.85. The van der Waals surface area contributed by atoms with Crippen molar-refractivity contribution in [1.29, 1.82) is 0 Å². The van der Waals surface area contributed by atoms with E-state index in [2.05, 4.69) is 48.5 Å². The lowest BCUT2D eigenvalue weighted by molar-refractivity contribution is -0.0445. The molecule has 2 rings (SSSR count). The topological polar surface area (TPSA) is 44.5 Å². The van der Waals surface area contributed by atoms with Crippen molar-refractivity contribution in [3.05, 3.63) is 58.1 Å². The Morgan fingerprint density at radius 1 is 0.871 bits per heavy atom. The molecule has 2 N–H and O–H groups in total. The van der Waals surface area contributed by atoms with E-state index in [-0.39, 0.29) is 12.4 Å². The normalized spacial score (nSPS) is 13.3. The Morgan fingerprint density at radius 2 is 1.42 bits per heavy atom. The van der Waals surface area contributed by atoms with Crippen molar-refractivity contribution in [2.24, 2.45) is 17.6 Å².